The molecule has 0 atom stereocenters. The fraction of sp³-hybridized carbons (Fsp3) is 0. The third-order valence-electron chi connectivity index (χ3n) is 2.66. The molecule has 2 nitrogen and oxygen atoms in total. The minimum Gasteiger partial charge on any atom is -0.307 e. The topological polar surface area (TPSA) is 28.2 Å². The zero-order valence-corrected chi connectivity index (χ0v) is 8.01. The minimum absolute atomic E-state index is 0.709. The quantitative estimate of drug-likeness (QED) is 0.538. The van der Waals surface area contributed by atoms with Gasteiger partial charge in [-0.05, 0) is 12.1 Å². The summed E-state index contributed by atoms with van der Waals surface area (Å²) in [6.07, 6.45) is 1.92. The highest BCUT2D eigenvalue weighted by molar-refractivity contribution is 6.00. The highest BCUT2D eigenvalue weighted by Gasteiger charge is 2.08. The van der Waals surface area contributed by atoms with Crippen LogP contribution in [0.25, 0.3) is 16.3 Å². The average Bonchev–Trinajstić information content (AvgIpc) is 2.63. The Bertz CT molecular complexity index is 633. The number of aromatic nitrogens is 1. The van der Waals surface area contributed by atoms with E-state index >= 15 is 0 Å². The van der Waals surface area contributed by atoms with Crippen molar-refractivity contribution >= 4 is 16.3 Å². The average molecular weight is 192 g/mol. The van der Waals surface area contributed by atoms with Crippen LogP contribution in [0.3, 0.4) is 0 Å². The van der Waals surface area contributed by atoms with Crippen LogP contribution in [-0.2, 0) is 0 Å². The maximum atomic E-state index is 9.15. The number of nitriles is 1. The van der Waals surface area contributed by atoms with E-state index in [1.165, 1.54) is 0 Å². The molecule has 15 heavy (non-hydrogen) atoms. The normalized spacial score (nSPS) is 10.6. The lowest BCUT2D eigenvalue weighted by Crippen LogP contribution is -1.85. The Balaban J connectivity index is 2.70. The van der Waals surface area contributed by atoms with E-state index in [0.717, 1.165) is 16.3 Å². The molecule has 0 bridgehead atoms. The molecular formula is C13H8N2. The van der Waals surface area contributed by atoms with Gasteiger partial charge in [-0.3, -0.25) is 0 Å². The summed E-state index contributed by atoms with van der Waals surface area (Å²) in [6, 6.07) is 16.2. The number of pyridine rings is 1. The molecule has 0 unspecified atom stereocenters. The van der Waals surface area contributed by atoms with Crippen LogP contribution in [-0.4, -0.2) is 4.40 Å². The molecule has 0 aliphatic carbocycles. The second kappa shape index (κ2) is 2.86. The van der Waals surface area contributed by atoms with E-state index < -0.39 is 0 Å². The van der Waals surface area contributed by atoms with Crippen molar-refractivity contribution in [2.45, 2.75) is 0 Å². The third-order valence-corrected chi connectivity index (χ3v) is 2.66. The van der Waals surface area contributed by atoms with Gasteiger partial charge < -0.3 is 4.40 Å². The monoisotopic (exact) mass is 192 g/mol. The van der Waals surface area contributed by atoms with E-state index in [4.69, 9.17) is 5.26 Å². The first-order valence-electron chi connectivity index (χ1n) is 4.80. The SMILES string of the molecule is N#Cc1c2ccccc2c2ccccn12. The Kier molecular flexibility index (Phi) is 1.54. The van der Waals surface area contributed by atoms with Gasteiger partial charge in [-0.25, -0.2) is 0 Å². The molecule has 2 heteroatoms. The van der Waals surface area contributed by atoms with Crippen molar-refractivity contribution in [3.63, 3.8) is 0 Å². The van der Waals surface area contributed by atoms with E-state index in [2.05, 4.69) is 6.07 Å². The summed E-state index contributed by atoms with van der Waals surface area (Å²) in [5.74, 6) is 0. The summed E-state index contributed by atoms with van der Waals surface area (Å²) >= 11 is 0. The molecule has 3 aromatic rings. The van der Waals surface area contributed by atoms with Crippen molar-refractivity contribution in [2.24, 2.45) is 0 Å². The molecule has 0 saturated carbocycles. The Labute approximate surface area is 87.0 Å². The van der Waals surface area contributed by atoms with Crippen LogP contribution in [0.2, 0.25) is 0 Å². The Hall–Kier alpha value is -2.27. The summed E-state index contributed by atoms with van der Waals surface area (Å²) in [7, 11) is 0. The van der Waals surface area contributed by atoms with Gasteiger partial charge in [-0.2, -0.15) is 5.26 Å². The number of rotatable bonds is 0. The maximum absolute atomic E-state index is 9.15. The van der Waals surface area contributed by atoms with Crippen molar-refractivity contribution < 1.29 is 0 Å². The van der Waals surface area contributed by atoms with Gasteiger partial charge >= 0.3 is 0 Å². The minimum atomic E-state index is 0.709. The number of hydrogen-bond acceptors (Lipinski definition) is 1. The Morgan fingerprint density at radius 2 is 1.67 bits per heavy atom. The van der Waals surface area contributed by atoms with Crippen LogP contribution in [0.15, 0.2) is 48.7 Å². The molecule has 1 aromatic carbocycles. The molecule has 2 aromatic heterocycles. The zero-order valence-electron chi connectivity index (χ0n) is 8.01. The molecule has 0 aliphatic heterocycles. The van der Waals surface area contributed by atoms with Gasteiger partial charge in [-0.15, -0.1) is 0 Å². The molecule has 0 spiro atoms. The summed E-state index contributed by atoms with van der Waals surface area (Å²) in [5.41, 5.74) is 1.80. The predicted molar refractivity (Wildman–Crippen MR) is 59.6 cm³/mol. The first-order chi connectivity index (χ1) is 7.42. The van der Waals surface area contributed by atoms with Crippen LogP contribution in [0.1, 0.15) is 5.69 Å². The van der Waals surface area contributed by atoms with E-state index in [9.17, 15) is 0 Å². The van der Waals surface area contributed by atoms with Crippen LogP contribution < -0.4 is 0 Å². The van der Waals surface area contributed by atoms with Crippen LogP contribution in [0.5, 0.6) is 0 Å². The standard InChI is InChI=1S/C13H8N2/c14-9-13-11-6-2-1-5-10(11)12-7-3-4-8-15(12)13/h1-8H. The fourth-order valence-corrected chi connectivity index (χ4v) is 2.01. The lowest BCUT2D eigenvalue weighted by atomic mass is 10.2. The first kappa shape index (κ1) is 8.07. The van der Waals surface area contributed by atoms with Gasteiger partial charge in [0.15, 0.2) is 0 Å². The molecule has 2 heterocycles. The number of benzene rings is 1. The largest absolute Gasteiger partial charge is 0.307 e. The van der Waals surface area contributed by atoms with Crippen molar-refractivity contribution in [2.75, 3.05) is 0 Å². The Morgan fingerprint density at radius 3 is 2.47 bits per heavy atom. The summed E-state index contributed by atoms with van der Waals surface area (Å²) in [4.78, 5) is 0. The van der Waals surface area contributed by atoms with E-state index in [1.54, 1.807) is 0 Å². The molecule has 3 rings (SSSR count). The lowest BCUT2D eigenvalue weighted by Gasteiger charge is -1.93. The third kappa shape index (κ3) is 0.976. The van der Waals surface area contributed by atoms with Gasteiger partial charge in [0.1, 0.15) is 11.8 Å². The van der Waals surface area contributed by atoms with Gasteiger partial charge in [0.25, 0.3) is 0 Å². The maximum Gasteiger partial charge on any atom is 0.132 e. The van der Waals surface area contributed by atoms with Crippen molar-refractivity contribution in [1.29, 1.82) is 5.26 Å². The van der Waals surface area contributed by atoms with E-state index in [-0.39, 0.29) is 0 Å². The number of hydrogen-bond donors (Lipinski definition) is 0. The fourth-order valence-electron chi connectivity index (χ4n) is 2.01. The van der Waals surface area contributed by atoms with Crippen molar-refractivity contribution in [1.82, 2.24) is 4.40 Å². The van der Waals surface area contributed by atoms with Gasteiger partial charge in [0.05, 0.1) is 5.52 Å². The van der Waals surface area contributed by atoms with Crippen LogP contribution in [0.4, 0.5) is 0 Å². The first-order valence-corrected chi connectivity index (χ1v) is 4.80. The second-order valence-corrected chi connectivity index (χ2v) is 3.46. The smallest absolute Gasteiger partial charge is 0.132 e. The number of fused-ring (bicyclic) bond motifs is 3. The predicted octanol–water partition coefficient (Wildman–Crippen LogP) is 2.96. The molecule has 0 saturated heterocycles. The molecule has 0 aliphatic rings. The van der Waals surface area contributed by atoms with Gasteiger partial charge in [-0.1, -0.05) is 30.3 Å². The highest BCUT2D eigenvalue weighted by atomic mass is 14.9. The zero-order chi connectivity index (χ0) is 10.3. The Morgan fingerprint density at radius 1 is 0.933 bits per heavy atom. The van der Waals surface area contributed by atoms with E-state index in [1.807, 2.05) is 53.1 Å². The summed E-state index contributed by atoms with van der Waals surface area (Å²) in [5, 5.41) is 11.3. The molecule has 0 fully saturated rings. The molecule has 0 amide bonds. The van der Waals surface area contributed by atoms with Crippen molar-refractivity contribution in [3.8, 4) is 6.07 Å². The van der Waals surface area contributed by atoms with Gasteiger partial charge in [0.2, 0.25) is 0 Å². The molecule has 0 radical (unpaired) electrons. The molecule has 70 valence electrons. The van der Waals surface area contributed by atoms with Crippen molar-refractivity contribution in [3.05, 3.63) is 54.4 Å². The molecule has 0 N–H and O–H groups in total. The second-order valence-electron chi connectivity index (χ2n) is 3.46. The molecular weight excluding hydrogens is 184 g/mol. The van der Waals surface area contributed by atoms with E-state index in [0.29, 0.717) is 5.69 Å². The van der Waals surface area contributed by atoms with Gasteiger partial charge in [0, 0.05) is 17.0 Å². The van der Waals surface area contributed by atoms with Crippen LogP contribution in [0, 0.1) is 11.3 Å². The summed E-state index contributed by atoms with van der Waals surface area (Å²) in [6.45, 7) is 0. The number of nitrogens with zero attached hydrogens (tertiary/aromatic N) is 2. The van der Waals surface area contributed by atoms with Crippen LogP contribution >= 0.6 is 0 Å². The highest BCUT2D eigenvalue weighted by Crippen LogP contribution is 2.25. The lowest BCUT2D eigenvalue weighted by molar-refractivity contribution is 1.17. The summed E-state index contributed by atoms with van der Waals surface area (Å²) < 4.78 is 1.94.